The maximum absolute atomic E-state index is 6.34. The summed E-state index contributed by atoms with van der Waals surface area (Å²) in [6, 6.07) is 12.2. The Kier molecular flexibility index (Phi) is 12.2. The van der Waals surface area contributed by atoms with Gasteiger partial charge in [0.15, 0.2) is 23.0 Å². The molecule has 0 bridgehead atoms. The van der Waals surface area contributed by atoms with Crippen LogP contribution in [-0.2, 0) is 12.8 Å². The summed E-state index contributed by atoms with van der Waals surface area (Å²) >= 11 is 0. The molecular formula is C24H37ClN2O4. The van der Waals surface area contributed by atoms with Gasteiger partial charge in [-0.25, -0.2) is 0 Å². The van der Waals surface area contributed by atoms with Crippen LogP contribution >= 0.6 is 12.4 Å². The molecule has 6 nitrogen and oxygen atoms in total. The molecule has 2 atom stereocenters. The van der Waals surface area contributed by atoms with E-state index in [1.54, 1.807) is 28.4 Å². The van der Waals surface area contributed by atoms with Gasteiger partial charge < -0.3 is 30.4 Å². The van der Waals surface area contributed by atoms with Crippen LogP contribution in [-0.4, -0.2) is 40.5 Å². The van der Waals surface area contributed by atoms with E-state index in [2.05, 4.69) is 0 Å². The molecule has 0 fully saturated rings. The third-order valence-electron chi connectivity index (χ3n) is 5.29. The van der Waals surface area contributed by atoms with Crippen LogP contribution in [0.5, 0.6) is 23.0 Å². The van der Waals surface area contributed by atoms with E-state index in [1.165, 1.54) is 0 Å². The van der Waals surface area contributed by atoms with Gasteiger partial charge in [0.1, 0.15) is 0 Å². The summed E-state index contributed by atoms with van der Waals surface area (Å²) < 4.78 is 21.3. The van der Waals surface area contributed by atoms with Crippen molar-refractivity contribution >= 4 is 12.4 Å². The van der Waals surface area contributed by atoms with Crippen LogP contribution in [0.25, 0.3) is 0 Å². The van der Waals surface area contributed by atoms with Crippen molar-refractivity contribution in [1.82, 2.24) is 0 Å². The zero-order chi connectivity index (χ0) is 21.9. The summed E-state index contributed by atoms with van der Waals surface area (Å²) in [4.78, 5) is 0. The summed E-state index contributed by atoms with van der Waals surface area (Å²) in [5.41, 5.74) is 15.0. The summed E-state index contributed by atoms with van der Waals surface area (Å²) in [5.74, 6) is 2.95. The number of ether oxygens (including phenoxy) is 4. The molecule has 0 amide bonds. The molecule has 0 aliphatic carbocycles. The van der Waals surface area contributed by atoms with Gasteiger partial charge in [-0.1, -0.05) is 25.0 Å². The number of hydrogen-bond donors (Lipinski definition) is 2. The predicted octanol–water partition coefficient (Wildman–Crippen LogP) is 4.14. The minimum atomic E-state index is 0. The second kappa shape index (κ2) is 14.0. The van der Waals surface area contributed by atoms with Crippen molar-refractivity contribution in [2.24, 2.45) is 11.5 Å². The van der Waals surface area contributed by atoms with Crippen molar-refractivity contribution in [1.29, 1.82) is 0 Å². The SMILES string of the molecule is COc1ccc(CC(N)CCCCC(N)Cc2ccc(OC)c(OC)c2)cc1OC.Cl. The van der Waals surface area contributed by atoms with E-state index < -0.39 is 0 Å². The zero-order valence-electron chi connectivity index (χ0n) is 19.1. The van der Waals surface area contributed by atoms with Gasteiger partial charge in [-0.05, 0) is 61.1 Å². The van der Waals surface area contributed by atoms with Crippen molar-refractivity contribution in [3.63, 3.8) is 0 Å². The molecule has 2 unspecified atom stereocenters. The lowest BCUT2D eigenvalue weighted by Crippen LogP contribution is -2.24. The van der Waals surface area contributed by atoms with Gasteiger partial charge in [0, 0.05) is 12.1 Å². The smallest absolute Gasteiger partial charge is 0.160 e. The average Bonchev–Trinajstić information content (AvgIpc) is 2.76. The Bertz CT molecular complexity index is 723. The number of hydrogen-bond acceptors (Lipinski definition) is 6. The first-order valence-corrected chi connectivity index (χ1v) is 10.4. The lowest BCUT2D eigenvalue weighted by Gasteiger charge is -2.16. The van der Waals surface area contributed by atoms with Gasteiger partial charge in [-0.2, -0.15) is 0 Å². The van der Waals surface area contributed by atoms with Crippen molar-refractivity contribution in [2.45, 2.75) is 50.6 Å². The van der Waals surface area contributed by atoms with Gasteiger partial charge in [0.25, 0.3) is 0 Å². The van der Waals surface area contributed by atoms with Gasteiger partial charge in [0.05, 0.1) is 28.4 Å². The first-order chi connectivity index (χ1) is 14.5. The maximum atomic E-state index is 6.34. The number of methoxy groups -OCH3 is 4. The second-order valence-electron chi connectivity index (χ2n) is 7.59. The fraction of sp³-hybridized carbons (Fsp3) is 0.500. The molecule has 4 N–H and O–H groups in total. The topological polar surface area (TPSA) is 89.0 Å². The Labute approximate surface area is 192 Å². The summed E-state index contributed by atoms with van der Waals surface area (Å²) in [6.07, 6.45) is 5.70. The molecule has 2 aromatic rings. The summed E-state index contributed by atoms with van der Waals surface area (Å²) in [7, 11) is 6.57. The molecule has 0 aliphatic heterocycles. The van der Waals surface area contributed by atoms with Crippen molar-refractivity contribution in [2.75, 3.05) is 28.4 Å². The average molecular weight is 453 g/mol. The number of unbranched alkanes of at least 4 members (excludes halogenated alkanes) is 1. The van der Waals surface area contributed by atoms with Crippen LogP contribution < -0.4 is 30.4 Å². The van der Waals surface area contributed by atoms with Gasteiger partial charge >= 0.3 is 0 Å². The van der Waals surface area contributed by atoms with Crippen LogP contribution in [0.15, 0.2) is 36.4 Å². The number of nitrogens with two attached hydrogens (primary N) is 2. The molecule has 174 valence electrons. The van der Waals surface area contributed by atoms with Crippen LogP contribution in [0.2, 0.25) is 0 Å². The third-order valence-corrected chi connectivity index (χ3v) is 5.29. The molecule has 0 heterocycles. The molecule has 31 heavy (non-hydrogen) atoms. The summed E-state index contributed by atoms with van der Waals surface area (Å²) in [5, 5.41) is 0. The van der Waals surface area contributed by atoms with E-state index >= 15 is 0 Å². The highest BCUT2D eigenvalue weighted by Crippen LogP contribution is 2.29. The van der Waals surface area contributed by atoms with E-state index in [0.717, 1.165) is 72.6 Å². The number of halogens is 1. The van der Waals surface area contributed by atoms with Crippen molar-refractivity contribution < 1.29 is 18.9 Å². The second-order valence-corrected chi connectivity index (χ2v) is 7.59. The van der Waals surface area contributed by atoms with Crippen molar-refractivity contribution in [3.8, 4) is 23.0 Å². The van der Waals surface area contributed by atoms with Gasteiger partial charge in [0.2, 0.25) is 0 Å². The minimum Gasteiger partial charge on any atom is -0.493 e. The van der Waals surface area contributed by atoms with E-state index in [-0.39, 0.29) is 24.5 Å². The van der Waals surface area contributed by atoms with Crippen LogP contribution in [0.1, 0.15) is 36.8 Å². The fourth-order valence-electron chi connectivity index (χ4n) is 3.64. The molecule has 0 aromatic heterocycles. The minimum absolute atomic E-state index is 0. The Morgan fingerprint density at radius 3 is 1.29 bits per heavy atom. The molecule has 0 aliphatic rings. The normalized spacial score (nSPS) is 12.5. The molecule has 0 radical (unpaired) electrons. The van der Waals surface area contributed by atoms with Crippen molar-refractivity contribution in [3.05, 3.63) is 47.5 Å². The Morgan fingerprint density at radius 1 is 0.613 bits per heavy atom. The zero-order valence-corrected chi connectivity index (χ0v) is 19.9. The highest BCUT2D eigenvalue weighted by atomic mass is 35.5. The predicted molar refractivity (Wildman–Crippen MR) is 128 cm³/mol. The van der Waals surface area contributed by atoms with E-state index in [1.807, 2.05) is 36.4 Å². The Balaban J connectivity index is 0.00000480. The lowest BCUT2D eigenvalue weighted by atomic mass is 9.97. The molecular weight excluding hydrogens is 416 g/mol. The van der Waals surface area contributed by atoms with E-state index in [4.69, 9.17) is 30.4 Å². The van der Waals surface area contributed by atoms with Gasteiger partial charge in [-0.3, -0.25) is 0 Å². The highest BCUT2D eigenvalue weighted by Gasteiger charge is 2.11. The standard InChI is InChI=1S/C24H36N2O4.ClH/c1-27-21-11-9-17(15-23(21)29-3)13-19(25)7-5-6-8-20(26)14-18-10-12-22(28-2)24(16-18)30-4;/h9-12,15-16,19-20H,5-8,13-14,25-26H2,1-4H3;1H. The van der Waals surface area contributed by atoms with Crippen LogP contribution in [0.4, 0.5) is 0 Å². The maximum Gasteiger partial charge on any atom is 0.160 e. The monoisotopic (exact) mass is 452 g/mol. The van der Waals surface area contributed by atoms with E-state index in [9.17, 15) is 0 Å². The molecule has 0 saturated carbocycles. The quantitative estimate of drug-likeness (QED) is 0.444. The Morgan fingerprint density at radius 2 is 0.968 bits per heavy atom. The largest absolute Gasteiger partial charge is 0.493 e. The highest BCUT2D eigenvalue weighted by molar-refractivity contribution is 5.85. The van der Waals surface area contributed by atoms with Crippen LogP contribution in [0, 0.1) is 0 Å². The van der Waals surface area contributed by atoms with Crippen LogP contribution in [0.3, 0.4) is 0 Å². The molecule has 0 spiro atoms. The van der Waals surface area contributed by atoms with E-state index in [0.29, 0.717) is 0 Å². The molecule has 7 heteroatoms. The van der Waals surface area contributed by atoms with Gasteiger partial charge in [-0.15, -0.1) is 12.4 Å². The summed E-state index contributed by atoms with van der Waals surface area (Å²) in [6.45, 7) is 0. The first-order valence-electron chi connectivity index (χ1n) is 10.4. The number of benzene rings is 2. The first kappa shape index (κ1) is 26.9. The molecule has 2 aromatic carbocycles. The molecule has 0 saturated heterocycles. The molecule has 2 rings (SSSR count). The fourth-order valence-corrected chi connectivity index (χ4v) is 3.64. The number of rotatable bonds is 13. The third kappa shape index (κ3) is 8.48. The lowest BCUT2D eigenvalue weighted by molar-refractivity contribution is 0.354. The Hall–Kier alpha value is -2.15.